The summed E-state index contributed by atoms with van der Waals surface area (Å²) >= 11 is 0. The second-order valence-corrected chi connectivity index (χ2v) is 4.94. The number of aromatic carboxylic acids is 1. The van der Waals surface area contributed by atoms with Crippen LogP contribution >= 0.6 is 0 Å². The Morgan fingerprint density at radius 2 is 2.00 bits per heavy atom. The molecule has 0 bridgehead atoms. The Balaban J connectivity index is 2.29. The highest BCUT2D eigenvalue weighted by Gasteiger charge is 2.20. The molecule has 94 valence electrons. The number of rotatable bonds is 2. The molecule has 0 amide bonds. The summed E-state index contributed by atoms with van der Waals surface area (Å²) in [5.41, 5.74) is 4.00. The standard InChI is InChI=1S/C14H16N2O2/c1-3-16-8-12(14(17)18)11-4-9-6-15(2)7-10(9)5-13(11)16/h4-5,8H,3,6-7H2,1-2H3,(H,17,18). The van der Waals surface area contributed by atoms with E-state index in [-0.39, 0.29) is 0 Å². The first-order valence-corrected chi connectivity index (χ1v) is 6.16. The average Bonchev–Trinajstić information content (AvgIpc) is 2.84. The number of carboxylic acids is 1. The van der Waals surface area contributed by atoms with Crippen LogP contribution in [0.1, 0.15) is 28.4 Å². The van der Waals surface area contributed by atoms with Crippen molar-refractivity contribution in [2.24, 2.45) is 0 Å². The zero-order valence-corrected chi connectivity index (χ0v) is 10.6. The molecule has 2 heterocycles. The lowest BCUT2D eigenvalue weighted by atomic mass is 10.1. The number of hydrogen-bond donors (Lipinski definition) is 1. The van der Waals surface area contributed by atoms with Crippen LogP contribution in [0.3, 0.4) is 0 Å². The first-order chi connectivity index (χ1) is 8.60. The molecule has 0 atom stereocenters. The van der Waals surface area contributed by atoms with Crippen LogP contribution in [0.25, 0.3) is 10.9 Å². The van der Waals surface area contributed by atoms with Crippen LogP contribution in [-0.2, 0) is 19.6 Å². The van der Waals surface area contributed by atoms with Gasteiger partial charge in [0.25, 0.3) is 0 Å². The van der Waals surface area contributed by atoms with Gasteiger partial charge in [0.15, 0.2) is 0 Å². The molecule has 0 saturated heterocycles. The number of benzene rings is 1. The maximum Gasteiger partial charge on any atom is 0.337 e. The smallest absolute Gasteiger partial charge is 0.337 e. The number of aryl methyl sites for hydroxylation is 1. The summed E-state index contributed by atoms with van der Waals surface area (Å²) < 4.78 is 2.01. The van der Waals surface area contributed by atoms with Crippen molar-refractivity contribution in [2.75, 3.05) is 7.05 Å². The average molecular weight is 244 g/mol. The van der Waals surface area contributed by atoms with Crippen molar-refractivity contribution in [1.82, 2.24) is 9.47 Å². The number of hydrogen-bond acceptors (Lipinski definition) is 2. The third-order valence-corrected chi connectivity index (χ3v) is 3.65. The molecule has 4 heteroatoms. The lowest BCUT2D eigenvalue weighted by Gasteiger charge is -2.03. The highest BCUT2D eigenvalue weighted by molar-refractivity contribution is 6.04. The SMILES string of the molecule is CCn1cc(C(=O)O)c2cc3c(cc21)CN(C)C3. The molecule has 0 saturated carbocycles. The van der Waals surface area contributed by atoms with Gasteiger partial charge in [0, 0.05) is 36.7 Å². The van der Waals surface area contributed by atoms with Crippen molar-refractivity contribution >= 4 is 16.9 Å². The van der Waals surface area contributed by atoms with Gasteiger partial charge in [-0.15, -0.1) is 0 Å². The molecule has 3 rings (SSSR count). The molecule has 1 aromatic carbocycles. The fourth-order valence-corrected chi connectivity index (χ4v) is 2.79. The Kier molecular flexibility index (Phi) is 2.41. The van der Waals surface area contributed by atoms with Gasteiger partial charge in [-0.05, 0) is 37.2 Å². The molecule has 1 aromatic heterocycles. The molecule has 1 aliphatic heterocycles. The predicted molar refractivity (Wildman–Crippen MR) is 69.7 cm³/mol. The second kappa shape index (κ2) is 3.85. The zero-order valence-electron chi connectivity index (χ0n) is 10.6. The summed E-state index contributed by atoms with van der Waals surface area (Å²) in [7, 11) is 2.08. The van der Waals surface area contributed by atoms with Gasteiger partial charge in [0.05, 0.1) is 5.56 Å². The Hall–Kier alpha value is -1.81. The van der Waals surface area contributed by atoms with E-state index in [1.54, 1.807) is 6.20 Å². The molecule has 18 heavy (non-hydrogen) atoms. The van der Waals surface area contributed by atoms with Gasteiger partial charge < -0.3 is 9.67 Å². The maximum atomic E-state index is 11.3. The van der Waals surface area contributed by atoms with E-state index in [0.29, 0.717) is 5.56 Å². The summed E-state index contributed by atoms with van der Waals surface area (Å²) in [5, 5.41) is 10.1. The number of carbonyl (C=O) groups is 1. The van der Waals surface area contributed by atoms with Gasteiger partial charge in [-0.1, -0.05) is 0 Å². The molecule has 0 radical (unpaired) electrons. The Morgan fingerprint density at radius 3 is 2.61 bits per heavy atom. The molecule has 0 spiro atoms. The first-order valence-electron chi connectivity index (χ1n) is 6.16. The van der Waals surface area contributed by atoms with Gasteiger partial charge >= 0.3 is 5.97 Å². The number of fused-ring (bicyclic) bond motifs is 2. The first kappa shape index (κ1) is 11.3. The lowest BCUT2D eigenvalue weighted by molar-refractivity contribution is 0.0699. The topological polar surface area (TPSA) is 45.5 Å². The second-order valence-electron chi connectivity index (χ2n) is 4.94. The van der Waals surface area contributed by atoms with Crippen LogP contribution in [-0.4, -0.2) is 27.6 Å². The van der Waals surface area contributed by atoms with Crippen LogP contribution in [0, 0.1) is 0 Å². The zero-order chi connectivity index (χ0) is 12.9. The fourth-order valence-electron chi connectivity index (χ4n) is 2.79. The summed E-state index contributed by atoms with van der Waals surface area (Å²) in [6.45, 7) is 4.67. The predicted octanol–water partition coefficient (Wildman–Crippen LogP) is 2.30. The summed E-state index contributed by atoms with van der Waals surface area (Å²) in [6, 6.07) is 4.19. The van der Waals surface area contributed by atoms with Crippen LogP contribution in [0.2, 0.25) is 0 Å². The minimum atomic E-state index is -0.849. The van der Waals surface area contributed by atoms with Crippen molar-refractivity contribution in [2.45, 2.75) is 26.6 Å². The highest BCUT2D eigenvalue weighted by Crippen LogP contribution is 2.30. The van der Waals surface area contributed by atoms with Crippen LogP contribution in [0.5, 0.6) is 0 Å². The van der Waals surface area contributed by atoms with Gasteiger partial charge in [-0.3, -0.25) is 4.90 Å². The van der Waals surface area contributed by atoms with Crippen molar-refractivity contribution in [3.8, 4) is 0 Å². The summed E-state index contributed by atoms with van der Waals surface area (Å²) in [4.78, 5) is 13.5. The van der Waals surface area contributed by atoms with Crippen molar-refractivity contribution in [1.29, 1.82) is 0 Å². The van der Waals surface area contributed by atoms with E-state index in [9.17, 15) is 9.90 Å². The largest absolute Gasteiger partial charge is 0.478 e. The Bertz CT molecular complexity index is 643. The molecule has 0 unspecified atom stereocenters. The van der Waals surface area contributed by atoms with Gasteiger partial charge in [0.2, 0.25) is 0 Å². The minimum Gasteiger partial charge on any atom is -0.478 e. The number of nitrogens with zero attached hydrogens (tertiary/aromatic N) is 2. The third kappa shape index (κ3) is 1.53. The number of carboxylic acid groups (broad SMARTS) is 1. The van der Waals surface area contributed by atoms with Gasteiger partial charge in [-0.25, -0.2) is 4.79 Å². The molecule has 0 aliphatic carbocycles. The van der Waals surface area contributed by atoms with E-state index >= 15 is 0 Å². The van der Waals surface area contributed by atoms with E-state index in [2.05, 4.69) is 18.0 Å². The Morgan fingerprint density at radius 1 is 1.33 bits per heavy atom. The quantitative estimate of drug-likeness (QED) is 0.881. The van der Waals surface area contributed by atoms with Crippen LogP contribution in [0.4, 0.5) is 0 Å². The Labute approximate surface area is 105 Å². The summed E-state index contributed by atoms with van der Waals surface area (Å²) in [6.07, 6.45) is 1.74. The van der Waals surface area contributed by atoms with Crippen LogP contribution < -0.4 is 0 Å². The molecule has 1 aliphatic rings. The van der Waals surface area contributed by atoms with E-state index in [0.717, 1.165) is 30.5 Å². The molecule has 2 aromatic rings. The fraction of sp³-hybridized carbons (Fsp3) is 0.357. The van der Waals surface area contributed by atoms with Crippen molar-refractivity contribution in [3.05, 3.63) is 35.0 Å². The van der Waals surface area contributed by atoms with E-state index in [1.165, 1.54) is 11.1 Å². The van der Waals surface area contributed by atoms with Crippen molar-refractivity contribution in [3.63, 3.8) is 0 Å². The molecule has 0 fully saturated rings. The van der Waals surface area contributed by atoms with Crippen molar-refractivity contribution < 1.29 is 9.90 Å². The number of aromatic nitrogens is 1. The minimum absolute atomic E-state index is 0.407. The van der Waals surface area contributed by atoms with E-state index in [1.807, 2.05) is 17.6 Å². The molecular formula is C14H16N2O2. The maximum absolute atomic E-state index is 11.3. The molecule has 1 N–H and O–H groups in total. The van der Waals surface area contributed by atoms with Crippen LogP contribution in [0.15, 0.2) is 18.3 Å². The lowest BCUT2D eigenvalue weighted by Crippen LogP contribution is -2.07. The van der Waals surface area contributed by atoms with Gasteiger partial charge in [-0.2, -0.15) is 0 Å². The third-order valence-electron chi connectivity index (χ3n) is 3.65. The summed E-state index contributed by atoms with van der Waals surface area (Å²) in [5.74, 6) is -0.849. The van der Waals surface area contributed by atoms with Gasteiger partial charge in [0.1, 0.15) is 0 Å². The molecule has 4 nitrogen and oxygen atoms in total. The van der Waals surface area contributed by atoms with E-state index < -0.39 is 5.97 Å². The highest BCUT2D eigenvalue weighted by atomic mass is 16.4. The molecular weight excluding hydrogens is 228 g/mol. The van der Waals surface area contributed by atoms with E-state index in [4.69, 9.17) is 0 Å². The normalized spacial score (nSPS) is 15.2. The monoisotopic (exact) mass is 244 g/mol.